The highest BCUT2D eigenvalue weighted by Gasteiger charge is 2.24. The molecule has 4 rings (SSSR count). The maximum atomic E-state index is 13.3. The lowest BCUT2D eigenvalue weighted by molar-refractivity contribution is 0.116. The van der Waals surface area contributed by atoms with Gasteiger partial charge in [-0.2, -0.15) is 0 Å². The van der Waals surface area contributed by atoms with Crippen LogP contribution in [-0.2, 0) is 0 Å². The Kier molecular flexibility index (Phi) is 4.38. The quantitative estimate of drug-likeness (QED) is 0.669. The predicted molar refractivity (Wildman–Crippen MR) is 96.3 cm³/mol. The van der Waals surface area contributed by atoms with Crippen molar-refractivity contribution in [3.05, 3.63) is 42.5 Å². The molecule has 6 nitrogen and oxygen atoms in total. The molecule has 1 aromatic carbocycles. The molecule has 1 aliphatic carbocycles. The van der Waals surface area contributed by atoms with E-state index in [-0.39, 0.29) is 11.8 Å². The molecule has 0 amide bonds. The summed E-state index contributed by atoms with van der Waals surface area (Å²) in [4.78, 5) is 4.15. The number of aliphatic hydroxyl groups is 1. The maximum Gasteiger partial charge on any atom is 0.157 e. The molecule has 3 aromatic rings. The highest BCUT2D eigenvalue weighted by Crippen LogP contribution is 2.35. The monoisotopic (exact) mass is 354 g/mol. The van der Waals surface area contributed by atoms with Gasteiger partial charge in [0.2, 0.25) is 0 Å². The molecule has 7 heteroatoms. The number of pyridine rings is 1. The number of phenols is 1. The van der Waals surface area contributed by atoms with Gasteiger partial charge in [0, 0.05) is 34.8 Å². The summed E-state index contributed by atoms with van der Waals surface area (Å²) in [6.07, 6.45) is 6.61. The summed E-state index contributed by atoms with van der Waals surface area (Å²) in [6, 6.07) is 5.53. The first-order valence-corrected chi connectivity index (χ1v) is 8.67. The van der Waals surface area contributed by atoms with E-state index in [1.165, 1.54) is 12.1 Å². The topological polar surface area (TPSA) is 91.2 Å². The molecule has 0 aliphatic heterocycles. The Hall–Kier alpha value is -2.80. The number of hydrogen-bond acceptors (Lipinski definition) is 6. The van der Waals surface area contributed by atoms with Gasteiger partial charge in [0.25, 0.3) is 0 Å². The second-order valence-corrected chi connectivity index (χ2v) is 6.58. The van der Waals surface area contributed by atoms with Gasteiger partial charge in [0.1, 0.15) is 17.3 Å². The Morgan fingerprint density at radius 1 is 1.08 bits per heavy atom. The van der Waals surface area contributed by atoms with Crippen molar-refractivity contribution >= 4 is 16.6 Å². The number of aromatic nitrogens is 3. The van der Waals surface area contributed by atoms with Gasteiger partial charge < -0.3 is 15.5 Å². The Bertz CT molecular complexity index is 950. The summed E-state index contributed by atoms with van der Waals surface area (Å²) in [5, 5.41) is 33.6. The summed E-state index contributed by atoms with van der Waals surface area (Å²) < 4.78 is 13.3. The van der Waals surface area contributed by atoms with Crippen molar-refractivity contribution in [3.63, 3.8) is 0 Å². The average Bonchev–Trinajstić information content (AvgIpc) is 2.64. The fourth-order valence-electron chi connectivity index (χ4n) is 3.46. The van der Waals surface area contributed by atoms with Crippen molar-refractivity contribution in [2.24, 2.45) is 0 Å². The summed E-state index contributed by atoms with van der Waals surface area (Å²) >= 11 is 0. The number of phenolic OH excluding ortho intramolecular Hbond substituents is 1. The minimum atomic E-state index is -0.522. The Morgan fingerprint density at radius 2 is 1.92 bits per heavy atom. The molecule has 1 saturated carbocycles. The van der Waals surface area contributed by atoms with Crippen molar-refractivity contribution < 1.29 is 14.6 Å². The number of halogens is 1. The van der Waals surface area contributed by atoms with Gasteiger partial charge in [-0.3, -0.25) is 4.98 Å². The van der Waals surface area contributed by atoms with Crippen molar-refractivity contribution in [1.29, 1.82) is 0 Å². The van der Waals surface area contributed by atoms with Crippen LogP contribution >= 0.6 is 0 Å². The molecule has 2 heterocycles. The average molecular weight is 354 g/mol. The lowest BCUT2D eigenvalue weighted by Crippen LogP contribution is -2.36. The van der Waals surface area contributed by atoms with Crippen LogP contribution in [0.25, 0.3) is 22.0 Å². The molecule has 0 saturated heterocycles. The van der Waals surface area contributed by atoms with Crippen LogP contribution in [0, 0.1) is 5.82 Å². The highest BCUT2D eigenvalue weighted by molar-refractivity contribution is 6.00. The first kappa shape index (κ1) is 16.7. The first-order valence-electron chi connectivity index (χ1n) is 8.67. The second kappa shape index (κ2) is 6.84. The number of anilines is 1. The number of nitrogens with zero attached hydrogens (tertiary/aromatic N) is 3. The van der Waals surface area contributed by atoms with Gasteiger partial charge in [0.05, 0.1) is 12.1 Å². The zero-order valence-corrected chi connectivity index (χ0v) is 14.1. The molecule has 0 radical (unpaired) electrons. The first-order chi connectivity index (χ1) is 12.6. The van der Waals surface area contributed by atoms with Crippen LogP contribution in [0.5, 0.6) is 5.75 Å². The summed E-state index contributed by atoms with van der Waals surface area (Å²) in [5.74, 6) is -0.155. The van der Waals surface area contributed by atoms with E-state index < -0.39 is 11.9 Å². The van der Waals surface area contributed by atoms with Crippen molar-refractivity contribution in [2.45, 2.75) is 37.8 Å². The normalized spacial score (nSPS) is 20.2. The summed E-state index contributed by atoms with van der Waals surface area (Å²) in [6.45, 7) is 0. The molecule has 1 fully saturated rings. The van der Waals surface area contributed by atoms with E-state index in [2.05, 4.69) is 20.5 Å². The van der Waals surface area contributed by atoms with Crippen molar-refractivity contribution in [2.75, 3.05) is 5.32 Å². The fourth-order valence-corrected chi connectivity index (χ4v) is 3.46. The van der Waals surface area contributed by atoms with Crippen LogP contribution in [0.1, 0.15) is 25.7 Å². The van der Waals surface area contributed by atoms with Gasteiger partial charge in [-0.05, 0) is 31.0 Å². The number of aliphatic hydroxyl groups excluding tert-OH is 1. The SMILES string of the molecule is Oc1cc(F)ccc1-c1nnc(N[C@@H]2CCCC[C@@H]2O)c2ccncc12. The smallest absolute Gasteiger partial charge is 0.157 e. The second-order valence-electron chi connectivity index (χ2n) is 6.58. The Labute approximate surface area is 149 Å². The third-order valence-electron chi connectivity index (χ3n) is 4.85. The van der Waals surface area contributed by atoms with Gasteiger partial charge in [-0.1, -0.05) is 12.8 Å². The number of hydrogen-bond donors (Lipinski definition) is 3. The molecule has 0 spiro atoms. The summed E-state index contributed by atoms with van der Waals surface area (Å²) in [7, 11) is 0. The number of fused-ring (bicyclic) bond motifs is 1. The lowest BCUT2D eigenvalue weighted by Gasteiger charge is -2.29. The van der Waals surface area contributed by atoms with E-state index in [1.54, 1.807) is 12.4 Å². The van der Waals surface area contributed by atoms with Crippen molar-refractivity contribution in [1.82, 2.24) is 15.2 Å². The van der Waals surface area contributed by atoms with Crippen molar-refractivity contribution in [3.8, 4) is 17.0 Å². The predicted octanol–water partition coefficient (Wildman–Crippen LogP) is 3.25. The zero-order chi connectivity index (χ0) is 18.1. The van der Waals surface area contributed by atoms with E-state index in [1.807, 2.05) is 6.07 Å². The van der Waals surface area contributed by atoms with Crippen LogP contribution in [0.15, 0.2) is 36.7 Å². The zero-order valence-electron chi connectivity index (χ0n) is 14.1. The maximum absolute atomic E-state index is 13.3. The third-order valence-corrected chi connectivity index (χ3v) is 4.85. The standard InChI is InChI=1S/C19H19FN4O2/c20-11-5-6-13(17(26)9-11)18-14-10-21-8-7-12(14)19(24-23-18)22-15-3-1-2-4-16(15)25/h5-10,15-16,25-26H,1-4H2,(H,22,24)/t15-,16+/m1/s1. The third kappa shape index (κ3) is 3.06. The Morgan fingerprint density at radius 3 is 2.73 bits per heavy atom. The molecule has 0 bridgehead atoms. The van der Waals surface area contributed by atoms with Gasteiger partial charge in [0.15, 0.2) is 5.82 Å². The highest BCUT2D eigenvalue weighted by atomic mass is 19.1. The van der Waals surface area contributed by atoms with Crippen LogP contribution in [0.2, 0.25) is 0 Å². The molecule has 2 atom stereocenters. The molecule has 2 aromatic heterocycles. The van der Waals surface area contributed by atoms with Gasteiger partial charge in [-0.25, -0.2) is 4.39 Å². The minimum absolute atomic E-state index is 0.0699. The minimum Gasteiger partial charge on any atom is -0.507 e. The van der Waals surface area contributed by atoms with E-state index in [4.69, 9.17) is 0 Å². The number of rotatable bonds is 3. The molecular weight excluding hydrogens is 335 g/mol. The molecule has 0 unspecified atom stereocenters. The van der Waals surface area contributed by atoms with Crippen LogP contribution in [0.3, 0.4) is 0 Å². The fraction of sp³-hybridized carbons (Fsp3) is 0.316. The largest absolute Gasteiger partial charge is 0.507 e. The Balaban J connectivity index is 1.78. The number of aromatic hydroxyl groups is 1. The number of benzene rings is 1. The van der Waals surface area contributed by atoms with Crippen LogP contribution in [0.4, 0.5) is 10.2 Å². The molecule has 134 valence electrons. The van der Waals surface area contributed by atoms with Gasteiger partial charge in [-0.15, -0.1) is 10.2 Å². The molecule has 3 N–H and O–H groups in total. The van der Waals surface area contributed by atoms with E-state index in [0.717, 1.165) is 37.1 Å². The van der Waals surface area contributed by atoms with Crippen LogP contribution < -0.4 is 5.32 Å². The molecular formula is C19H19FN4O2. The molecule has 26 heavy (non-hydrogen) atoms. The molecule has 1 aliphatic rings. The van der Waals surface area contributed by atoms with Gasteiger partial charge >= 0.3 is 0 Å². The summed E-state index contributed by atoms with van der Waals surface area (Å²) in [5.41, 5.74) is 0.821. The van der Waals surface area contributed by atoms with E-state index in [9.17, 15) is 14.6 Å². The lowest BCUT2D eigenvalue weighted by atomic mass is 9.92. The van der Waals surface area contributed by atoms with E-state index in [0.29, 0.717) is 22.5 Å². The van der Waals surface area contributed by atoms with E-state index >= 15 is 0 Å². The van der Waals surface area contributed by atoms with Crippen LogP contribution in [-0.4, -0.2) is 37.5 Å². The number of nitrogens with one attached hydrogen (secondary N) is 1.